The predicted octanol–water partition coefficient (Wildman–Crippen LogP) is -0.786. The van der Waals surface area contributed by atoms with Crippen LogP contribution in [0.5, 0.6) is 0 Å². The lowest BCUT2D eigenvalue weighted by Gasteiger charge is -2.10. The molecular formula is C11H16N2O5. The molecule has 7 nitrogen and oxygen atoms in total. The minimum Gasteiger partial charge on any atom is -0.467 e. The second-order valence-electron chi connectivity index (χ2n) is 3.70. The molecule has 7 heteroatoms. The van der Waals surface area contributed by atoms with Crippen molar-refractivity contribution in [2.75, 3.05) is 13.7 Å². The summed E-state index contributed by atoms with van der Waals surface area (Å²) >= 11 is 0. The van der Waals surface area contributed by atoms with Gasteiger partial charge in [-0.15, -0.1) is 0 Å². The first-order valence-electron chi connectivity index (χ1n) is 5.55. The van der Waals surface area contributed by atoms with Crippen LogP contribution in [0.4, 0.5) is 0 Å². The van der Waals surface area contributed by atoms with Crippen molar-refractivity contribution in [3.05, 3.63) is 11.3 Å². The number of allylic oxidation sites excluding steroid dienone is 1. The fourth-order valence-electron chi connectivity index (χ4n) is 1.74. The van der Waals surface area contributed by atoms with Crippen LogP contribution in [0.3, 0.4) is 0 Å². The summed E-state index contributed by atoms with van der Waals surface area (Å²) in [5, 5.41) is 2.77. The van der Waals surface area contributed by atoms with Gasteiger partial charge in [0.15, 0.2) is 0 Å². The van der Waals surface area contributed by atoms with Gasteiger partial charge in [-0.3, -0.25) is 4.79 Å². The van der Waals surface area contributed by atoms with Gasteiger partial charge in [0.05, 0.1) is 13.7 Å². The first-order chi connectivity index (χ1) is 8.51. The van der Waals surface area contributed by atoms with Gasteiger partial charge in [-0.05, 0) is 19.8 Å². The van der Waals surface area contributed by atoms with E-state index in [0.717, 1.165) is 0 Å². The van der Waals surface area contributed by atoms with Crippen LogP contribution < -0.4 is 11.1 Å². The molecule has 1 atom stereocenters. The van der Waals surface area contributed by atoms with Gasteiger partial charge in [0, 0.05) is 5.70 Å². The Balaban J connectivity index is 2.92. The summed E-state index contributed by atoms with van der Waals surface area (Å²) in [5.41, 5.74) is 5.24. The van der Waals surface area contributed by atoms with Gasteiger partial charge in [0.25, 0.3) is 5.91 Å². The molecule has 0 bridgehead atoms. The lowest BCUT2D eigenvalue weighted by Crippen LogP contribution is -2.33. The van der Waals surface area contributed by atoms with Gasteiger partial charge >= 0.3 is 11.9 Å². The van der Waals surface area contributed by atoms with Crippen molar-refractivity contribution in [1.82, 2.24) is 5.32 Å². The zero-order valence-corrected chi connectivity index (χ0v) is 10.3. The number of esters is 2. The molecule has 1 rings (SSSR count). The minimum absolute atomic E-state index is 0.142. The van der Waals surface area contributed by atoms with Crippen molar-refractivity contribution in [1.29, 1.82) is 0 Å². The number of ether oxygens (including phenoxy) is 2. The largest absolute Gasteiger partial charge is 0.467 e. The summed E-state index contributed by atoms with van der Waals surface area (Å²) in [5.74, 6) is -2.10. The molecule has 1 heterocycles. The third-order valence-corrected chi connectivity index (χ3v) is 2.54. The van der Waals surface area contributed by atoms with Crippen LogP contribution in [-0.2, 0) is 23.9 Å². The summed E-state index contributed by atoms with van der Waals surface area (Å²) in [6.45, 7) is 1.77. The summed E-state index contributed by atoms with van der Waals surface area (Å²) in [7, 11) is 1.27. The molecule has 1 aliphatic heterocycles. The van der Waals surface area contributed by atoms with Crippen molar-refractivity contribution in [2.24, 2.45) is 5.73 Å². The van der Waals surface area contributed by atoms with E-state index in [1.54, 1.807) is 6.92 Å². The maximum atomic E-state index is 11.6. The van der Waals surface area contributed by atoms with Crippen LogP contribution in [-0.4, -0.2) is 37.6 Å². The molecule has 100 valence electrons. The van der Waals surface area contributed by atoms with E-state index in [0.29, 0.717) is 18.5 Å². The van der Waals surface area contributed by atoms with Gasteiger partial charge in [0.1, 0.15) is 11.6 Å². The number of amides is 1. The van der Waals surface area contributed by atoms with E-state index >= 15 is 0 Å². The van der Waals surface area contributed by atoms with Crippen LogP contribution in [0.2, 0.25) is 0 Å². The predicted molar refractivity (Wildman–Crippen MR) is 61.0 cm³/mol. The Labute approximate surface area is 104 Å². The number of nitrogens with one attached hydrogen (secondary N) is 1. The molecule has 0 spiro atoms. The third-order valence-electron chi connectivity index (χ3n) is 2.54. The fourth-order valence-corrected chi connectivity index (χ4v) is 1.74. The number of primary amides is 1. The maximum Gasteiger partial charge on any atom is 0.345 e. The van der Waals surface area contributed by atoms with E-state index in [-0.39, 0.29) is 12.2 Å². The van der Waals surface area contributed by atoms with E-state index in [1.165, 1.54) is 7.11 Å². The highest BCUT2D eigenvalue weighted by Crippen LogP contribution is 2.20. The molecule has 1 unspecified atom stereocenters. The Bertz CT molecular complexity index is 402. The zero-order chi connectivity index (χ0) is 13.7. The number of nitrogens with two attached hydrogens (primary N) is 1. The van der Waals surface area contributed by atoms with Gasteiger partial charge in [-0.25, -0.2) is 9.59 Å². The van der Waals surface area contributed by atoms with E-state index in [9.17, 15) is 14.4 Å². The van der Waals surface area contributed by atoms with Gasteiger partial charge in [-0.1, -0.05) is 0 Å². The Morgan fingerprint density at radius 1 is 1.44 bits per heavy atom. The smallest absolute Gasteiger partial charge is 0.345 e. The molecule has 0 aromatic heterocycles. The highest BCUT2D eigenvalue weighted by molar-refractivity contribution is 6.16. The summed E-state index contributed by atoms with van der Waals surface area (Å²) in [6.07, 6.45) is 0.815. The van der Waals surface area contributed by atoms with Crippen LogP contribution in [0.15, 0.2) is 11.3 Å². The molecule has 18 heavy (non-hydrogen) atoms. The van der Waals surface area contributed by atoms with E-state index in [4.69, 9.17) is 10.5 Å². The summed E-state index contributed by atoms with van der Waals surface area (Å²) in [6, 6.07) is -0.561. The molecule has 1 amide bonds. The highest BCUT2D eigenvalue weighted by Gasteiger charge is 2.31. The molecular weight excluding hydrogens is 240 g/mol. The quantitative estimate of drug-likeness (QED) is 0.295. The SMILES string of the molecule is CCOC(=O)/C(C(N)=O)=C1\CCC(C(=O)OC)N1. The van der Waals surface area contributed by atoms with Crippen LogP contribution in [0.25, 0.3) is 0 Å². The number of carbonyl (C=O) groups excluding carboxylic acids is 3. The number of hydrogen-bond donors (Lipinski definition) is 2. The van der Waals surface area contributed by atoms with Crippen LogP contribution in [0, 0.1) is 0 Å². The average molecular weight is 256 g/mol. The minimum atomic E-state index is -0.874. The Hall–Kier alpha value is -2.05. The van der Waals surface area contributed by atoms with Crippen molar-refractivity contribution < 1.29 is 23.9 Å². The lowest BCUT2D eigenvalue weighted by molar-refractivity contribution is -0.143. The Morgan fingerprint density at radius 3 is 2.61 bits per heavy atom. The first kappa shape index (κ1) is 14.0. The zero-order valence-electron chi connectivity index (χ0n) is 10.3. The molecule has 1 saturated heterocycles. The second kappa shape index (κ2) is 6.04. The Kier molecular flexibility index (Phi) is 4.70. The van der Waals surface area contributed by atoms with Crippen molar-refractivity contribution in [3.63, 3.8) is 0 Å². The number of carbonyl (C=O) groups is 3. The lowest BCUT2D eigenvalue weighted by atomic mass is 10.1. The van der Waals surface area contributed by atoms with Crippen molar-refractivity contribution in [3.8, 4) is 0 Å². The molecule has 0 aromatic carbocycles. The van der Waals surface area contributed by atoms with Crippen molar-refractivity contribution >= 4 is 17.8 Å². The fraction of sp³-hybridized carbons (Fsp3) is 0.545. The number of hydrogen-bond acceptors (Lipinski definition) is 6. The van der Waals surface area contributed by atoms with E-state index in [2.05, 4.69) is 10.1 Å². The molecule has 0 saturated carbocycles. The van der Waals surface area contributed by atoms with Crippen molar-refractivity contribution in [2.45, 2.75) is 25.8 Å². The third kappa shape index (κ3) is 2.99. The van der Waals surface area contributed by atoms with Gasteiger partial charge in [0.2, 0.25) is 0 Å². The molecule has 0 aromatic rings. The topological polar surface area (TPSA) is 108 Å². The van der Waals surface area contributed by atoms with Gasteiger partial charge < -0.3 is 20.5 Å². The molecule has 1 fully saturated rings. The monoisotopic (exact) mass is 256 g/mol. The molecule has 1 aliphatic rings. The second-order valence-corrected chi connectivity index (χ2v) is 3.70. The number of rotatable bonds is 4. The van der Waals surface area contributed by atoms with Gasteiger partial charge in [-0.2, -0.15) is 0 Å². The first-order valence-corrected chi connectivity index (χ1v) is 5.55. The summed E-state index contributed by atoms with van der Waals surface area (Å²) < 4.78 is 9.32. The molecule has 3 N–H and O–H groups in total. The highest BCUT2D eigenvalue weighted by atomic mass is 16.5. The van der Waals surface area contributed by atoms with Crippen LogP contribution >= 0.6 is 0 Å². The average Bonchev–Trinajstić information content (AvgIpc) is 2.77. The Morgan fingerprint density at radius 2 is 2.11 bits per heavy atom. The standard InChI is InChI=1S/C11H16N2O5/c1-3-18-11(16)8(9(12)14)6-4-5-7(13-6)10(15)17-2/h7,13H,3-5H2,1-2H3,(H2,12,14)/b8-6+. The molecule has 0 aliphatic carbocycles. The normalized spacial score (nSPS) is 20.9. The maximum absolute atomic E-state index is 11.6. The molecule has 0 radical (unpaired) electrons. The summed E-state index contributed by atoms with van der Waals surface area (Å²) in [4.78, 5) is 34.1. The van der Waals surface area contributed by atoms with E-state index in [1.807, 2.05) is 0 Å². The van der Waals surface area contributed by atoms with Crippen LogP contribution in [0.1, 0.15) is 19.8 Å². The van der Waals surface area contributed by atoms with E-state index < -0.39 is 23.9 Å². The number of methoxy groups -OCH3 is 1.